The molecule has 0 aliphatic rings. The molecule has 0 aliphatic heterocycles. The van der Waals surface area contributed by atoms with E-state index in [-0.39, 0.29) is 29.5 Å². The van der Waals surface area contributed by atoms with E-state index in [1.165, 1.54) is 12.1 Å². The first-order valence-corrected chi connectivity index (χ1v) is 10.8. The molecule has 2 N–H and O–H groups in total. The molecule has 0 saturated carbocycles. The Balaban J connectivity index is 1.50. The first kappa shape index (κ1) is 20.0. The summed E-state index contributed by atoms with van der Waals surface area (Å²) in [7, 11) is -3.47. The van der Waals surface area contributed by atoms with Crippen LogP contribution in [-0.2, 0) is 14.6 Å². The highest BCUT2D eigenvalue weighted by Crippen LogP contribution is 2.25. The molecule has 3 aromatic carbocycles. The SMILES string of the molecule is O=C(CCS(=O)(=O)c1ccccc1)NCCC(O)c1cccc2ccccc12. The van der Waals surface area contributed by atoms with Crippen LogP contribution in [0.15, 0.2) is 77.7 Å². The fraction of sp³-hybridized carbons (Fsp3) is 0.227. The van der Waals surface area contributed by atoms with Crippen molar-refractivity contribution in [2.45, 2.75) is 23.8 Å². The summed E-state index contributed by atoms with van der Waals surface area (Å²) in [4.78, 5) is 12.2. The molecule has 3 aromatic rings. The number of aliphatic hydroxyl groups excluding tert-OH is 1. The summed E-state index contributed by atoms with van der Waals surface area (Å²) in [5, 5.41) is 15.2. The van der Waals surface area contributed by atoms with Crippen molar-refractivity contribution in [2.75, 3.05) is 12.3 Å². The highest BCUT2D eigenvalue weighted by Gasteiger charge is 2.16. The fourth-order valence-corrected chi connectivity index (χ4v) is 4.37. The Morgan fingerprint density at radius 1 is 0.929 bits per heavy atom. The third-order valence-electron chi connectivity index (χ3n) is 4.62. The van der Waals surface area contributed by atoms with E-state index in [0.717, 1.165) is 16.3 Å². The predicted octanol–water partition coefficient (Wildman–Crippen LogP) is 3.24. The van der Waals surface area contributed by atoms with Gasteiger partial charge >= 0.3 is 0 Å². The molecule has 0 saturated heterocycles. The first-order chi connectivity index (χ1) is 13.5. The summed E-state index contributed by atoms with van der Waals surface area (Å²) in [6.07, 6.45) is -0.466. The highest BCUT2D eigenvalue weighted by molar-refractivity contribution is 7.91. The van der Waals surface area contributed by atoms with Gasteiger partial charge in [-0.05, 0) is 34.9 Å². The van der Waals surface area contributed by atoms with Crippen LogP contribution in [0.3, 0.4) is 0 Å². The number of hydrogen-bond donors (Lipinski definition) is 2. The molecule has 3 rings (SSSR count). The molecule has 1 unspecified atom stereocenters. The summed E-state index contributed by atoms with van der Waals surface area (Å²) in [5.74, 6) is -0.584. The normalized spacial score (nSPS) is 12.6. The van der Waals surface area contributed by atoms with Gasteiger partial charge in [-0.25, -0.2) is 8.42 Å². The maximum absolute atomic E-state index is 12.2. The Hall–Kier alpha value is -2.70. The summed E-state index contributed by atoms with van der Waals surface area (Å²) in [6, 6.07) is 21.7. The second-order valence-electron chi connectivity index (χ2n) is 6.60. The van der Waals surface area contributed by atoms with Gasteiger partial charge in [-0.3, -0.25) is 4.79 Å². The zero-order chi connectivity index (χ0) is 20.0. The average Bonchev–Trinajstić information content (AvgIpc) is 2.72. The average molecular weight is 397 g/mol. The lowest BCUT2D eigenvalue weighted by molar-refractivity contribution is -0.120. The molecular weight excluding hydrogens is 374 g/mol. The van der Waals surface area contributed by atoms with Crippen LogP contribution in [0.5, 0.6) is 0 Å². The van der Waals surface area contributed by atoms with Crippen molar-refractivity contribution in [1.82, 2.24) is 5.32 Å². The Morgan fingerprint density at radius 2 is 1.61 bits per heavy atom. The van der Waals surface area contributed by atoms with Crippen molar-refractivity contribution < 1.29 is 18.3 Å². The monoisotopic (exact) mass is 397 g/mol. The van der Waals surface area contributed by atoms with E-state index in [9.17, 15) is 18.3 Å². The Kier molecular flexibility index (Phi) is 6.44. The quantitative estimate of drug-likeness (QED) is 0.611. The molecule has 0 aliphatic carbocycles. The Bertz CT molecular complexity index is 1040. The summed E-state index contributed by atoms with van der Waals surface area (Å²) in [6.45, 7) is 0.272. The minimum Gasteiger partial charge on any atom is -0.388 e. The van der Waals surface area contributed by atoms with E-state index in [1.54, 1.807) is 18.2 Å². The van der Waals surface area contributed by atoms with Crippen LogP contribution in [0.2, 0.25) is 0 Å². The largest absolute Gasteiger partial charge is 0.388 e. The topological polar surface area (TPSA) is 83.5 Å². The number of aliphatic hydroxyl groups is 1. The van der Waals surface area contributed by atoms with Gasteiger partial charge in [0, 0.05) is 13.0 Å². The zero-order valence-corrected chi connectivity index (χ0v) is 16.2. The van der Waals surface area contributed by atoms with Crippen LogP contribution in [0.25, 0.3) is 10.8 Å². The molecule has 0 fully saturated rings. The van der Waals surface area contributed by atoms with Crippen molar-refractivity contribution >= 4 is 26.5 Å². The lowest BCUT2D eigenvalue weighted by Gasteiger charge is -2.14. The molecule has 0 radical (unpaired) electrons. The fourth-order valence-electron chi connectivity index (χ4n) is 3.11. The van der Waals surface area contributed by atoms with Crippen LogP contribution in [0, 0.1) is 0 Å². The van der Waals surface area contributed by atoms with Crippen molar-refractivity contribution in [3.63, 3.8) is 0 Å². The Labute approximate surface area is 164 Å². The van der Waals surface area contributed by atoms with Gasteiger partial charge in [-0.1, -0.05) is 60.7 Å². The maximum Gasteiger partial charge on any atom is 0.221 e. The minimum atomic E-state index is -3.47. The standard InChI is InChI=1S/C22H23NO4S/c24-21(20-12-6-8-17-7-4-5-11-19(17)20)13-15-23-22(25)14-16-28(26,27)18-9-2-1-3-10-18/h1-12,21,24H,13-16H2,(H,23,25). The van der Waals surface area contributed by atoms with Crippen LogP contribution >= 0.6 is 0 Å². The molecule has 146 valence electrons. The van der Waals surface area contributed by atoms with E-state index in [4.69, 9.17) is 0 Å². The molecule has 0 aromatic heterocycles. The van der Waals surface area contributed by atoms with Gasteiger partial charge in [0.05, 0.1) is 16.8 Å². The second-order valence-corrected chi connectivity index (χ2v) is 8.71. The van der Waals surface area contributed by atoms with Crippen LogP contribution in [-0.4, -0.2) is 31.7 Å². The van der Waals surface area contributed by atoms with Gasteiger partial charge in [-0.2, -0.15) is 0 Å². The van der Waals surface area contributed by atoms with Gasteiger partial charge in [0.25, 0.3) is 0 Å². The Morgan fingerprint density at radius 3 is 2.39 bits per heavy atom. The minimum absolute atomic E-state index is 0.110. The third-order valence-corrected chi connectivity index (χ3v) is 6.35. The van der Waals surface area contributed by atoms with Gasteiger partial charge in [-0.15, -0.1) is 0 Å². The number of carbonyl (C=O) groups excluding carboxylic acids is 1. The molecule has 1 amide bonds. The second kappa shape index (κ2) is 8.99. The lowest BCUT2D eigenvalue weighted by Crippen LogP contribution is -2.27. The number of rotatable bonds is 8. The third kappa shape index (κ3) is 4.97. The van der Waals surface area contributed by atoms with Gasteiger partial charge in [0.15, 0.2) is 9.84 Å². The van der Waals surface area contributed by atoms with Gasteiger partial charge in [0.2, 0.25) is 5.91 Å². The van der Waals surface area contributed by atoms with Crippen LogP contribution < -0.4 is 5.32 Å². The number of sulfone groups is 1. The molecule has 0 spiro atoms. The summed E-state index contributed by atoms with van der Waals surface area (Å²) < 4.78 is 24.4. The lowest BCUT2D eigenvalue weighted by atomic mass is 9.99. The van der Waals surface area contributed by atoms with E-state index < -0.39 is 15.9 Å². The van der Waals surface area contributed by atoms with Crippen molar-refractivity contribution in [3.05, 3.63) is 78.4 Å². The number of fused-ring (bicyclic) bond motifs is 1. The van der Waals surface area contributed by atoms with E-state index >= 15 is 0 Å². The maximum atomic E-state index is 12.2. The van der Waals surface area contributed by atoms with Crippen LogP contribution in [0.4, 0.5) is 0 Å². The van der Waals surface area contributed by atoms with Gasteiger partial charge < -0.3 is 10.4 Å². The summed E-state index contributed by atoms with van der Waals surface area (Å²) in [5.41, 5.74) is 0.819. The molecule has 1 atom stereocenters. The highest BCUT2D eigenvalue weighted by atomic mass is 32.2. The molecule has 5 nitrogen and oxygen atoms in total. The van der Waals surface area contributed by atoms with Crippen molar-refractivity contribution in [3.8, 4) is 0 Å². The summed E-state index contributed by atoms with van der Waals surface area (Å²) >= 11 is 0. The molecule has 0 bridgehead atoms. The zero-order valence-electron chi connectivity index (χ0n) is 15.4. The molecule has 6 heteroatoms. The molecular formula is C22H23NO4S. The smallest absolute Gasteiger partial charge is 0.221 e. The van der Waals surface area contributed by atoms with Gasteiger partial charge in [0.1, 0.15) is 0 Å². The number of carbonyl (C=O) groups is 1. The number of amides is 1. The number of benzene rings is 3. The molecule has 0 heterocycles. The predicted molar refractivity (Wildman–Crippen MR) is 110 cm³/mol. The number of nitrogens with one attached hydrogen (secondary N) is 1. The van der Waals surface area contributed by atoms with Crippen molar-refractivity contribution in [2.24, 2.45) is 0 Å². The van der Waals surface area contributed by atoms with E-state index in [1.807, 2.05) is 42.5 Å². The number of hydrogen-bond acceptors (Lipinski definition) is 4. The van der Waals surface area contributed by atoms with E-state index in [2.05, 4.69) is 5.32 Å². The molecule has 28 heavy (non-hydrogen) atoms. The van der Waals surface area contributed by atoms with Crippen LogP contribution in [0.1, 0.15) is 24.5 Å². The van der Waals surface area contributed by atoms with Crippen molar-refractivity contribution in [1.29, 1.82) is 0 Å². The first-order valence-electron chi connectivity index (χ1n) is 9.17. The van der Waals surface area contributed by atoms with E-state index in [0.29, 0.717) is 6.42 Å².